The average molecular weight is 719 g/mol. The van der Waals surface area contributed by atoms with E-state index in [2.05, 4.69) is 77.4 Å². The van der Waals surface area contributed by atoms with Crippen molar-refractivity contribution in [3.63, 3.8) is 0 Å². The Labute approximate surface area is 321 Å². The maximum atomic E-state index is 6.76. The van der Waals surface area contributed by atoms with E-state index in [0.29, 0.717) is 28.9 Å². The molecule has 0 aliphatic carbocycles. The van der Waals surface area contributed by atoms with Crippen LogP contribution in [0.5, 0.6) is 0 Å². The van der Waals surface area contributed by atoms with Crippen LogP contribution in [-0.2, 0) is 0 Å². The summed E-state index contributed by atoms with van der Waals surface area (Å²) < 4.78 is 9.05. The molecule has 262 valence electrons. The number of para-hydroxylation sites is 1. The van der Waals surface area contributed by atoms with E-state index in [9.17, 15) is 0 Å². The second-order valence-corrected chi connectivity index (χ2v) is 13.7. The molecule has 0 fully saturated rings. The SMILES string of the molecule is c1ccc(-c2nc(-c3ccccc3)nc(-c3cccc(-n4c5ccccc5c5cc6c(cc54)oc4c(-c5ccccc5)nc(-c5ccccc5)nc46)c3)n2)cc1. The molecular formula is C49H30N6O. The highest BCUT2D eigenvalue weighted by atomic mass is 16.3. The topological polar surface area (TPSA) is 82.5 Å². The fourth-order valence-electron chi connectivity index (χ4n) is 7.61. The molecule has 4 aromatic heterocycles. The molecule has 0 aliphatic rings. The second-order valence-electron chi connectivity index (χ2n) is 13.7. The van der Waals surface area contributed by atoms with Crippen molar-refractivity contribution in [1.82, 2.24) is 29.5 Å². The summed E-state index contributed by atoms with van der Waals surface area (Å²) in [6.45, 7) is 0. The van der Waals surface area contributed by atoms with Gasteiger partial charge in [-0.05, 0) is 24.3 Å². The summed E-state index contributed by atoms with van der Waals surface area (Å²) in [6.07, 6.45) is 0. The van der Waals surface area contributed by atoms with Crippen molar-refractivity contribution in [1.29, 1.82) is 0 Å². The Bertz CT molecular complexity index is 3170. The minimum Gasteiger partial charge on any atom is -0.452 e. The van der Waals surface area contributed by atoms with Crippen molar-refractivity contribution in [3.8, 4) is 62.5 Å². The van der Waals surface area contributed by atoms with Crippen LogP contribution >= 0.6 is 0 Å². The van der Waals surface area contributed by atoms with Crippen LogP contribution in [0.2, 0.25) is 0 Å². The molecule has 11 rings (SSSR count). The van der Waals surface area contributed by atoms with Crippen molar-refractivity contribution in [2.45, 2.75) is 0 Å². The van der Waals surface area contributed by atoms with E-state index in [0.717, 1.165) is 77.5 Å². The summed E-state index contributed by atoms with van der Waals surface area (Å²) in [5.74, 6) is 2.50. The van der Waals surface area contributed by atoms with Gasteiger partial charge in [-0.15, -0.1) is 0 Å². The van der Waals surface area contributed by atoms with E-state index in [4.69, 9.17) is 29.3 Å². The molecule has 56 heavy (non-hydrogen) atoms. The number of nitrogens with zero attached hydrogens (tertiary/aromatic N) is 6. The van der Waals surface area contributed by atoms with Crippen LogP contribution in [0, 0.1) is 0 Å². The van der Waals surface area contributed by atoms with E-state index in [1.54, 1.807) is 0 Å². The summed E-state index contributed by atoms with van der Waals surface area (Å²) in [6, 6.07) is 61.6. The number of aromatic nitrogens is 6. The second kappa shape index (κ2) is 13.0. The third-order valence-electron chi connectivity index (χ3n) is 10.2. The normalized spacial score (nSPS) is 11.6. The largest absolute Gasteiger partial charge is 0.452 e. The van der Waals surface area contributed by atoms with E-state index in [1.807, 2.05) is 109 Å². The van der Waals surface area contributed by atoms with Crippen LogP contribution in [0.4, 0.5) is 0 Å². The number of hydrogen-bond donors (Lipinski definition) is 0. The molecule has 0 bridgehead atoms. The quantitative estimate of drug-likeness (QED) is 0.170. The standard InChI is InChI=1S/C49H30N6O/c1-5-16-31(17-6-1)43-45-44(51-46(50-43)32-18-7-2-8-19-32)39-29-38-37-26-13-14-27-40(37)55(41(38)30-42(39)56-45)36-25-15-24-35(28-36)49-53-47(33-20-9-3-10-21-33)52-48(54-49)34-22-11-4-12-23-34/h1-30H. The summed E-state index contributed by atoms with van der Waals surface area (Å²) in [7, 11) is 0. The van der Waals surface area contributed by atoms with Gasteiger partial charge in [0.1, 0.15) is 16.8 Å². The third-order valence-corrected chi connectivity index (χ3v) is 10.2. The summed E-state index contributed by atoms with van der Waals surface area (Å²) in [5, 5.41) is 3.16. The molecule has 7 aromatic carbocycles. The molecular weight excluding hydrogens is 689 g/mol. The molecule has 0 spiro atoms. The van der Waals surface area contributed by atoms with Crippen LogP contribution in [0.1, 0.15) is 0 Å². The summed E-state index contributed by atoms with van der Waals surface area (Å²) >= 11 is 0. The van der Waals surface area contributed by atoms with Crippen molar-refractivity contribution in [2.75, 3.05) is 0 Å². The third kappa shape index (κ3) is 5.33. The number of fused-ring (bicyclic) bond motifs is 6. The van der Waals surface area contributed by atoms with Crippen molar-refractivity contribution < 1.29 is 4.42 Å². The van der Waals surface area contributed by atoms with Gasteiger partial charge in [-0.3, -0.25) is 0 Å². The van der Waals surface area contributed by atoms with Gasteiger partial charge in [0.2, 0.25) is 0 Å². The summed E-state index contributed by atoms with van der Waals surface area (Å²) in [5.41, 5.74) is 10.7. The fourth-order valence-corrected chi connectivity index (χ4v) is 7.61. The molecule has 0 saturated carbocycles. The Morgan fingerprint density at radius 1 is 0.357 bits per heavy atom. The van der Waals surface area contributed by atoms with Gasteiger partial charge in [-0.1, -0.05) is 152 Å². The lowest BCUT2D eigenvalue weighted by atomic mass is 10.1. The smallest absolute Gasteiger partial charge is 0.180 e. The lowest BCUT2D eigenvalue weighted by Gasteiger charge is -2.11. The van der Waals surface area contributed by atoms with E-state index in [1.165, 1.54) is 0 Å². The maximum absolute atomic E-state index is 6.76. The molecule has 7 nitrogen and oxygen atoms in total. The van der Waals surface area contributed by atoms with E-state index >= 15 is 0 Å². The van der Waals surface area contributed by atoms with E-state index in [-0.39, 0.29) is 0 Å². The van der Waals surface area contributed by atoms with Crippen LogP contribution < -0.4 is 0 Å². The average Bonchev–Trinajstić information content (AvgIpc) is 3.81. The Morgan fingerprint density at radius 2 is 0.875 bits per heavy atom. The summed E-state index contributed by atoms with van der Waals surface area (Å²) in [4.78, 5) is 25.1. The molecule has 11 aromatic rings. The van der Waals surface area contributed by atoms with Crippen LogP contribution in [0.25, 0.3) is 106 Å². The highest BCUT2D eigenvalue weighted by Crippen LogP contribution is 2.41. The zero-order valence-corrected chi connectivity index (χ0v) is 29.9. The van der Waals surface area contributed by atoms with Gasteiger partial charge in [-0.2, -0.15) is 0 Å². The zero-order valence-electron chi connectivity index (χ0n) is 29.9. The van der Waals surface area contributed by atoms with Gasteiger partial charge < -0.3 is 8.98 Å². The Morgan fingerprint density at radius 3 is 1.50 bits per heavy atom. The molecule has 0 atom stereocenters. The molecule has 0 N–H and O–H groups in total. The molecule has 4 heterocycles. The molecule has 0 aliphatic heterocycles. The highest BCUT2D eigenvalue weighted by Gasteiger charge is 2.22. The van der Waals surface area contributed by atoms with Crippen LogP contribution in [0.3, 0.4) is 0 Å². The highest BCUT2D eigenvalue weighted by molar-refractivity contribution is 6.17. The van der Waals surface area contributed by atoms with Gasteiger partial charge in [0.15, 0.2) is 28.9 Å². The first-order valence-electron chi connectivity index (χ1n) is 18.5. The Kier molecular flexibility index (Phi) is 7.35. The predicted molar refractivity (Wildman–Crippen MR) is 224 cm³/mol. The van der Waals surface area contributed by atoms with Gasteiger partial charge in [0, 0.05) is 55.7 Å². The van der Waals surface area contributed by atoms with Gasteiger partial charge in [0.25, 0.3) is 0 Å². The molecule has 0 radical (unpaired) electrons. The number of benzene rings is 7. The number of rotatable bonds is 6. The first-order chi connectivity index (χ1) is 27.7. The monoisotopic (exact) mass is 718 g/mol. The Balaban J connectivity index is 1.13. The van der Waals surface area contributed by atoms with Crippen molar-refractivity contribution in [2.24, 2.45) is 0 Å². The van der Waals surface area contributed by atoms with Gasteiger partial charge >= 0.3 is 0 Å². The minimum absolute atomic E-state index is 0.598. The van der Waals surface area contributed by atoms with Crippen molar-refractivity contribution in [3.05, 3.63) is 182 Å². The van der Waals surface area contributed by atoms with Crippen molar-refractivity contribution >= 4 is 43.9 Å². The first-order valence-corrected chi connectivity index (χ1v) is 18.5. The maximum Gasteiger partial charge on any atom is 0.180 e. The Hall–Kier alpha value is -7.77. The fraction of sp³-hybridized carbons (Fsp3) is 0. The lowest BCUT2D eigenvalue weighted by molar-refractivity contribution is 0.667. The zero-order chi connectivity index (χ0) is 37.0. The molecule has 0 amide bonds. The van der Waals surface area contributed by atoms with Crippen LogP contribution in [0.15, 0.2) is 186 Å². The molecule has 0 saturated heterocycles. The predicted octanol–water partition coefficient (Wildman–Crippen LogP) is 12.0. The van der Waals surface area contributed by atoms with Crippen LogP contribution in [-0.4, -0.2) is 29.5 Å². The first kappa shape index (κ1) is 31.7. The molecule has 7 heteroatoms. The number of furan rings is 1. The van der Waals surface area contributed by atoms with Gasteiger partial charge in [0.05, 0.1) is 11.0 Å². The van der Waals surface area contributed by atoms with E-state index < -0.39 is 0 Å². The minimum atomic E-state index is 0.598. The lowest BCUT2D eigenvalue weighted by Crippen LogP contribution is -2.01. The molecule has 0 unspecified atom stereocenters. The number of hydrogen-bond acceptors (Lipinski definition) is 6. The van der Waals surface area contributed by atoms with Gasteiger partial charge in [-0.25, -0.2) is 24.9 Å².